The lowest BCUT2D eigenvalue weighted by atomic mass is 10.1. The van der Waals surface area contributed by atoms with E-state index in [0.29, 0.717) is 6.42 Å². The van der Waals surface area contributed by atoms with Crippen molar-refractivity contribution in [3.63, 3.8) is 0 Å². The Morgan fingerprint density at radius 2 is 1.75 bits per heavy atom. The fourth-order valence-electron chi connectivity index (χ4n) is 2.59. The minimum absolute atomic E-state index is 0.0351. The third-order valence-electron chi connectivity index (χ3n) is 4.08. The molecule has 1 amide bonds. The third-order valence-corrected chi connectivity index (χ3v) is 4.08. The lowest BCUT2D eigenvalue weighted by Gasteiger charge is -2.07. The van der Waals surface area contributed by atoms with E-state index in [2.05, 4.69) is 24.4 Å². The van der Waals surface area contributed by atoms with Crippen LogP contribution in [0.1, 0.15) is 90.4 Å². The van der Waals surface area contributed by atoms with Crippen LogP contribution in [0.5, 0.6) is 0 Å². The Kier molecular flexibility index (Phi) is 17.1. The topological polar surface area (TPSA) is 75.3 Å². The van der Waals surface area contributed by atoms with Crippen LogP contribution in [-0.2, 0) is 4.79 Å². The summed E-state index contributed by atoms with van der Waals surface area (Å²) in [6.45, 7) is 2.21. The second kappa shape index (κ2) is 18.1. The van der Waals surface area contributed by atoms with E-state index in [1.165, 1.54) is 50.9 Å². The van der Waals surface area contributed by atoms with Gasteiger partial charge in [-0.2, -0.15) is 0 Å². The molecular formula is C20H38N2O2. The molecule has 0 saturated carbocycles. The highest BCUT2D eigenvalue weighted by Gasteiger charge is 2.01. The summed E-state index contributed by atoms with van der Waals surface area (Å²) in [6, 6.07) is 0. The highest BCUT2D eigenvalue weighted by molar-refractivity contribution is 5.76. The van der Waals surface area contributed by atoms with E-state index in [9.17, 15) is 9.90 Å². The first-order valence-corrected chi connectivity index (χ1v) is 9.69. The molecule has 0 aromatic rings. The molecule has 0 aliphatic heterocycles. The van der Waals surface area contributed by atoms with Crippen LogP contribution in [0, 0.1) is 0 Å². The summed E-state index contributed by atoms with van der Waals surface area (Å²) in [4.78, 5) is 11.3. The Morgan fingerprint density at radius 3 is 2.50 bits per heavy atom. The van der Waals surface area contributed by atoms with Crippen molar-refractivity contribution >= 4 is 5.91 Å². The molecule has 4 nitrogen and oxygen atoms in total. The maximum absolute atomic E-state index is 11.3. The number of nitrogens with one attached hydrogen (secondary N) is 1. The summed E-state index contributed by atoms with van der Waals surface area (Å²) in [5, 5.41) is 12.5. The molecule has 0 fully saturated rings. The molecule has 0 unspecified atom stereocenters. The van der Waals surface area contributed by atoms with E-state index < -0.39 is 0 Å². The maximum Gasteiger partial charge on any atom is 0.223 e. The number of carbonyl (C=O) groups is 1. The van der Waals surface area contributed by atoms with Crippen molar-refractivity contribution in [1.29, 1.82) is 0 Å². The quantitative estimate of drug-likeness (QED) is 0.286. The van der Waals surface area contributed by atoms with Crippen molar-refractivity contribution in [2.45, 2.75) is 96.5 Å². The number of nitrogens with two attached hydrogens (primary N) is 1. The van der Waals surface area contributed by atoms with Gasteiger partial charge in [-0.15, -0.1) is 0 Å². The number of carbonyl (C=O) groups excluding carboxylic acids is 1. The second-order valence-corrected chi connectivity index (χ2v) is 6.44. The summed E-state index contributed by atoms with van der Waals surface area (Å²) in [5.41, 5.74) is 5.16. The van der Waals surface area contributed by atoms with Gasteiger partial charge >= 0.3 is 0 Å². The average Bonchev–Trinajstić information content (AvgIpc) is 2.58. The molecule has 4 N–H and O–H groups in total. The number of allylic oxidation sites excluding steroid dienone is 1. The fourth-order valence-corrected chi connectivity index (χ4v) is 2.59. The van der Waals surface area contributed by atoms with E-state index in [1.807, 2.05) is 0 Å². The molecule has 0 aromatic heterocycles. The summed E-state index contributed by atoms with van der Waals surface area (Å²) >= 11 is 0. The summed E-state index contributed by atoms with van der Waals surface area (Å²) < 4.78 is 0. The van der Waals surface area contributed by atoms with Crippen LogP contribution in [-0.4, -0.2) is 17.1 Å². The molecule has 0 aliphatic carbocycles. The van der Waals surface area contributed by atoms with Crippen LogP contribution in [0.4, 0.5) is 0 Å². The Hall–Kier alpha value is -1.29. The largest absolute Gasteiger partial charge is 0.403 e. The lowest BCUT2D eigenvalue weighted by Crippen LogP contribution is -2.16. The molecule has 0 spiro atoms. The zero-order valence-corrected chi connectivity index (χ0v) is 15.5. The van der Waals surface area contributed by atoms with E-state index in [4.69, 9.17) is 5.73 Å². The first-order chi connectivity index (χ1) is 11.7. The number of amides is 1. The standard InChI is InChI=1S/C20H38N2O2/c1-2-3-4-11-14-19(23)15-12-9-7-5-6-8-10-13-16-20(24)22-18-17-21/h9,12,17-19,23H,2-8,10-11,13-16,21H2,1H3,(H,22,24)/b12-9-,18-17-/t19-/m1/s1. The van der Waals surface area contributed by atoms with E-state index >= 15 is 0 Å². The lowest BCUT2D eigenvalue weighted by molar-refractivity contribution is -0.120. The smallest absolute Gasteiger partial charge is 0.223 e. The zero-order valence-electron chi connectivity index (χ0n) is 15.5. The van der Waals surface area contributed by atoms with Crippen molar-refractivity contribution < 1.29 is 9.90 Å². The van der Waals surface area contributed by atoms with Gasteiger partial charge in [-0.25, -0.2) is 0 Å². The average molecular weight is 339 g/mol. The molecule has 1 atom stereocenters. The van der Waals surface area contributed by atoms with Crippen molar-refractivity contribution in [2.75, 3.05) is 0 Å². The first-order valence-electron chi connectivity index (χ1n) is 9.69. The normalized spacial score (nSPS) is 12.9. The number of aliphatic hydroxyl groups excluding tert-OH is 1. The molecule has 0 aromatic carbocycles. The van der Waals surface area contributed by atoms with Crippen LogP contribution in [0.15, 0.2) is 24.6 Å². The minimum Gasteiger partial charge on any atom is -0.403 e. The van der Waals surface area contributed by atoms with Gasteiger partial charge < -0.3 is 16.2 Å². The summed E-state index contributed by atoms with van der Waals surface area (Å²) in [6.07, 6.45) is 20.8. The van der Waals surface area contributed by atoms with Gasteiger partial charge in [0.05, 0.1) is 6.10 Å². The van der Waals surface area contributed by atoms with Crippen molar-refractivity contribution in [2.24, 2.45) is 5.73 Å². The van der Waals surface area contributed by atoms with Crippen LogP contribution in [0.3, 0.4) is 0 Å². The van der Waals surface area contributed by atoms with Gasteiger partial charge in [0.1, 0.15) is 0 Å². The molecular weight excluding hydrogens is 300 g/mol. The highest BCUT2D eigenvalue weighted by Crippen LogP contribution is 2.10. The van der Waals surface area contributed by atoms with Gasteiger partial charge in [0.25, 0.3) is 0 Å². The van der Waals surface area contributed by atoms with Gasteiger partial charge in [-0.3, -0.25) is 4.79 Å². The van der Waals surface area contributed by atoms with Gasteiger partial charge in [-0.05, 0) is 32.1 Å². The number of rotatable bonds is 16. The third kappa shape index (κ3) is 17.1. The van der Waals surface area contributed by atoms with E-state index in [0.717, 1.165) is 38.5 Å². The SMILES string of the molecule is CCCCCC[C@@H](O)C/C=C\CCCCCCCC(=O)N/C=C\N. The Bertz CT molecular complexity index is 341. The van der Waals surface area contributed by atoms with E-state index in [-0.39, 0.29) is 12.0 Å². The maximum atomic E-state index is 11.3. The fraction of sp³-hybridized carbons (Fsp3) is 0.750. The highest BCUT2D eigenvalue weighted by atomic mass is 16.3. The van der Waals surface area contributed by atoms with Gasteiger partial charge in [0.15, 0.2) is 0 Å². The van der Waals surface area contributed by atoms with Crippen LogP contribution in [0.25, 0.3) is 0 Å². The second-order valence-electron chi connectivity index (χ2n) is 6.44. The molecule has 4 heteroatoms. The Morgan fingerprint density at radius 1 is 1.04 bits per heavy atom. The monoisotopic (exact) mass is 338 g/mol. The molecule has 0 rings (SSSR count). The molecule has 24 heavy (non-hydrogen) atoms. The molecule has 140 valence electrons. The Balaban J connectivity index is 3.33. The summed E-state index contributed by atoms with van der Waals surface area (Å²) in [5.74, 6) is 0.0351. The molecule has 0 heterocycles. The van der Waals surface area contributed by atoms with Gasteiger partial charge in [0, 0.05) is 18.8 Å². The van der Waals surface area contributed by atoms with Crippen molar-refractivity contribution in [3.8, 4) is 0 Å². The zero-order chi connectivity index (χ0) is 17.9. The van der Waals surface area contributed by atoms with Crippen LogP contribution >= 0.6 is 0 Å². The number of hydrogen-bond donors (Lipinski definition) is 3. The minimum atomic E-state index is -0.168. The first kappa shape index (κ1) is 22.7. The predicted molar refractivity (Wildman–Crippen MR) is 102 cm³/mol. The number of hydrogen-bond acceptors (Lipinski definition) is 3. The van der Waals surface area contributed by atoms with Crippen molar-refractivity contribution in [3.05, 3.63) is 24.6 Å². The Labute approximate surface area is 148 Å². The predicted octanol–water partition coefficient (Wildman–Crippen LogP) is 4.54. The van der Waals surface area contributed by atoms with Crippen LogP contribution < -0.4 is 11.1 Å². The van der Waals surface area contributed by atoms with Gasteiger partial charge in [-0.1, -0.05) is 64.0 Å². The number of unbranched alkanes of at least 4 members (excludes halogenated alkanes) is 8. The number of aliphatic hydroxyl groups is 1. The van der Waals surface area contributed by atoms with E-state index in [1.54, 1.807) is 0 Å². The molecule has 0 radical (unpaired) electrons. The van der Waals surface area contributed by atoms with Gasteiger partial charge in [0.2, 0.25) is 5.91 Å². The molecule has 0 bridgehead atoms. The molecule has 0 saturated heterocycles. The molecule has 0 aliphatic rings. The van der Waals surface area contributed by atoms with Crippen LogP contribution in [0.2, 0.25) is 0 Å². The summed E-state index contributed by atoms with van der Waals surface area (Å²) in [7, 11) is 0. The van der Waals surface area contributed by atoms with Crippen molar-refractivity contribution in [1.82, 2.24) is 5.32 Å².